The quantitative estimate of drug-likeness (QED) is 0.558. The number of pyridine rings is 1. The van der Waals surface area contributed by atoms with Crippen LogP contribution < -0.4 is 5.32 Å². The fourth-order valence-corrected chi connectivity index (χ4v) is 3.29. The van der Waals surface area contributed by atoms with Gasteiger partial charge in [-0.1, -0.05) is 53.5 Å². The van der Waals surface area contributed by atoms with Crippen molar-refractivity contribution in [3.63, 3.8) is 0 Å². The molecule has 0 saturated carbocycles. The number of carbonyl (C=O) groups is 1. The summed E-state index contributed by atoms with van der Waals surface area (Å²) < 4.78 is 35.7. The Bertz CT molecular complexity index is 922. The molecular weight excluding hydrogens is 442 g/mol. The molecule has 0 aliphatic carbocycles. The van der Waals surface area contributed by atoms with Gasteiger partial charge in [0.2, 0.25) is 0 Å². The van der Waals surface area contributed by atoms with Crippen LogP contribution in [-0.2, 0) is 21.1 Å². The van der Waals surface area contributed by atoms with Gasteiger partial charge in [0.15, 0.2) is 4.84 Å². The molecule has 0 saturated heterocycles. The van der Waals surface area contributed by atoms with Gasteiger partial charge in [-0.3, -0.25) is 9.78 Å². The van der Waals surface area contributed by atoms with E-state index in [9.17, 15) is 22.7 Å². The Hall–Kier alpha value is -1.74. The Morgan fingerprint density at radius 1 is 1.17 bits per heavy atom. The van der Waals surface area contributed by atoms with E-state index in [1.165, 1.54) is 6.26 Å². The van der Waals surface area contributed by atoms with Crippen LogP contribution >= 0.6 is 23.2 Å². The first kappa shape index (κ1) is 23.5. The van der Waals surface area contributed by atoms with Crippen molar-refractivity contribution in [1.29, 1.82) is 0 Å². The van der Waals surface area contributed by atoms with Gasteiger partial charge >= 0.3 is 0 Å². The van der Waals surface area contributed by atoms with Gasteiger partial charge in [0, 0.05) is 30.1 Å². The highest BCUT2D eigenvalue weighted by Gasteiger charge is 2.25. The number of hydrogen-bond acceptors (Lipinski definition) is 5. The number of carbonyl (C=O) groups excluding carboxylic acids is 1. The molecule has 2 N–H and O–H groups in total. The topological polar surface area (TPSA) is 96.4 Å². The van der Waals surface area contributed by atoms with Crippen LogP contribution in [0.5, 0.6) is 0 Å². The first-order valence-electron chi connectivity index (χ1n) is 8.66. The predicted molar refractivity (Wildman–Crippen MR) is 111 cm³/mol. The normalized spacial score (nSPS) is 13.9. The number of halogens is 3. The average Bonchev–Trinajstić information content (AvgIpc) is 2.69. The molecule has 158 valence electrons. The lowest BCUT2D eigenvalue weighted by atomic mass is 9.99. The van der Waals surface area contributed by atoms with Gasteiger partial charge < -0.3 is 10.4 Å². The molecule has 6 nitrogen and oxygen atoms in total. The summed E-state index contributed by atoms with van der Waals surface area (Å²) in [6, 6.07) is 9.10. The highest BCUT2D eigenvalue weighted by atomic mass is 35.5. The number of aliphatic hydroxyl groups is 1. The number of rotatable bonds is 9. The number of aryl methyl sites for hydroxylation is 1. The molecule has 0 bridgehead atoms. The van der Waals surface area contributed by atoms with Gasteiger partial charge in [0.25, 0.3) is 5.91 Å². The number of amides is 1. The second kappa shape index (κ2) is 10.3. The van der Waals surface area contributed by atoms with Gasteiger partial charge in [-0.25, -0.2) is 12.8 Å². The fourth-order valence-electron chi connectivity index (χ4n) is 2.59. The first-order chi connectivity index (χ1) is 13.6. The highest BCUT2D eigenvalue weighted by Crippen LogP contribution is 2.24. The summed E-state index contributed by atoms with van der Waals surface area (Å²) in [7, 11) is -3.05. The molecule has 0 fully saturated rings. The van der Waals surface area contributed by atoms with Gasteiger partial charge in [0.1, 0.15) is 22.6 Å². The lowest BCUT2D eigenvalue weighted by Crippen LogP contribution is -2.43. The fraction of sp³-hybridized carbons (Fsp3) is 0.368. The molecule has 29 heavy (non-hydrogen) atoms. The van der Waals surface area contributed by atoms with E-state index in [2.05, 4.69) is 10.3 Å². The van der Waals surface area contributed by atoms with Gasteiger partial charge in [0.05, 0.1) is 11.8 Å². The zero-order valence-corrected chi connectivity index (χ0v) is 17.9. The minimum Gasteiger partial charge on any atom is -0.386 e. The Kier molecular flexibility index (Phi) is 8.39. The lowest BCUT2D eigenvalue weighted by molar-refractivity contribution is -0.121. The first-order valence-corrected chi connectivity index (χ1v) is 11.6. The molecule has 1 amide bonds. The highest BCUT2D eigenvalue weighted by molar-refractivity contribution is 7.90. The maximum Gasteiger partial charge on any atom is 0.253 e. The zero-order valence-electron chi connectivity index (χ0n) is 15.6. The summed E-state index contributed by atoms with van der Waals surface area (Å²) in [6.45, 7) is -0.992. The number of sulfone groups is 1. The Morgan fingerprint density at radius 2 is 1.79 bits per heavy atom. The number of nitrogens with zero attached hydrogens (tertiary/aromatic N) is 1. The summed E-state index contributed by atoms with van der Waals surface area (Å²) in [6.07, 6.45) is 1.88. The molecule has 10 heteroatoms. The molecule has 0 spiro atoms. The summed E-state index contributed by atoms with van der Waals surface area (Å²) in [4.78, 5) is 14.4. The third-order valence-corrected chi connectivity index (χ3v) is 5.55. The summed E-state index contributed by atoms with van der Waals surface area (Å²) in [5.41, 5.74) is 2.70. The number of aromatic nitrogens is 1. The number of hydrogen-bond donors (Lipinski definition) is 2. The van der Waals surface area contributed by atoms with Gasteiger partial charge in [-0.2, -0.15) is 0 Å². The molecule has 1 heterocycles. The van der Waals surface area contributed by atoms with Gasteiger partial charge in [-0.05, 0) is 17.2 Å². The van der Waals surface area contributed by atoms with Crippen LogP contribution in [0.25, 0.3) is 11.1 Å². The van der Waals surface area contributed by atoms with Crippen molar-refractivity contribution in [1.82, 2.24) is 10.3 Å². The van der Waals surface area contributed by atoms with Crippen LogP contribution in [0, 0.1) is 0 Å². The van der Waals surface area contributed by atoms with Crippen LogP contribution in [0.1, 0.15) is 17.4 Å². The van der Waals surface area contributed by atoms with Crippen molar-refractivity contribution in [3.8, 4) is 11.1 Å². The Morgan fingerprint density at radius 3 is 2.28 bits per heavy atom. The van der Waals surface area contributed by atoms with Crippen LogP contribution in [0.15, 0.2) is 42.6 Å². The van der Waals surface area contributed by atoms with Crippen molar-refractivity contribution in [2.24, 2.45) is 0 Å². The van der Waals surface area contributed by atoms with E-state index in [0.29, 0.717) is 17.7 Å². The average molecular weight is 463 g/mol. The number of aliphatic hydroxyl groups excluding tert-OH is 1. The number of alkyl halides is 3. The van der Waals surface area contributed by atoms with Crippen molar-refractivity contribution < 1.29 is 22.7 Å². The molecule has 2 rings (SSSR count). The van der Waals surface area contributed by atoms with E-state index < -0.39 is 39.4 Å². The van der Waals surface area contributed by atoms with Crippen LogP contribution in [-0.4, -0.2) is 54.0 Å². The molecule has 0 aliphatic heterocycles. The van der Waals surface area contributed by atoms with E-state index in [-0.39, 0.29) is 5.75 Å². The SMILES string of the molecule is CS(=O)(=O)CCc1ccc(-c2ccc([C@H](O)[C@@H](CF)NC(=O)C(Cl)Cl)cc2)cn1. The second-order valence-corrected chi connectivity index (χ2v) is 9.91. The summed E-state index contributed by atoms with van der Waals surface area (Å²) >= 11 is 10.9. The minimum atomic E-state index is -3.05. The van der Waals surface area contributed by atoms with Crippen molar-refractivity contribution in [2.45, 2.75) is 23.4 Å². The van der Waals surface area contributed by atoms with E-state index in [1.54, 1.807) is 36.5 Å². The zero-order chi connectivity index (χ0) is 21.6. The van der Waals surface area contributed by atoms with Crippen LogP contribution in [0.4, 0.5) is 4.39 Å². The number of nitrogens with one attached hydrogen (secondary N) is 1. The van der Waals surface area contributed by atoms with Gasteiger partial charge in [-0.15, -0.1) is 0 Å². The lowest BCUT2D eigenvalue weighted by Gasteiger charge is -2.22. The second-order valence-electron chi connectivity index (χ2n) is 6.56. The summed E-state index contributed by atoms with van der Waals surface area (Å²) in [5, 5.41) is 12.6. The smallest absolute Gasteiger partial charge is 0.253 e. The van der Waals surface area contributed by atoms with Crippen molar-refractivity contribution in [2.75, 3.05) is 18.7 Å². The maximum absolute atomic E-state index is 13.2. The third-order valence-electron chi connectivity index (χ3n) is 4.21. The molecule has 0 radical (unpaired) electrons. The Balaban J connectivity index is 2.08. The monoisotopic (exact) mass is 462 g/mol. The molecular formula is C19H21Cl2FN2O4S. The maximum atomic E-state index is 13.2. The van der Waals surface area contributed by atoms with Crippen molar-refractivity contribution in [3.05, 3.63) is 53.9 Å². The predicted octanol–water partition coefficient (Wildman–Crippen LogP) is 2.63. The van der Waals surface area contributed by atoms with Crippen molar-refractivity contribution >= 4 is 38.9 Å². The molecule has 1 aromatic heterocycles. The van der Waals surface area contributed by atoms with E-state index in [1.807, 2.05) is 6.07 Å². The largest absolute Gasteiger partial charge is 0.386 e. The standard InChI is InChI=1S/C19H21Cl2FN2O4S/c1-29(27,28)9-8-15-7-6-14(11-23-15)12-2-4-13(5-3-12)17(25)16(10-22)24-19(26)18(20)21/h2-7,11,16-18,25H,8-10H2,1H3,(H,24,26)/t16-,17+/m1/s1. The molecule has 1 aromatic carbocycles. The van der Waals surface area contributed by atoms with E-state index in [0.717, 1.165) is 11.1 Å². The number of benzene rings is 1. The van der Waals surface area contributed by atoms with Crippen LogP contribution in [0.3, 0.4) is 0 Å². The van der Waals surface area contributed by atoms with E-state index in [4.69, 9.17) is 23.2 Å². The molecule has 2 aromatic rings. The molecule has 0 unspecified atom stereocenters. The third kappa shape index (κ3) is 7.22. The Labute approximate surface area is 179 Å². The molecule has 0 aliphatic rings. The molecule has 2 atom stereocenters. The van der Waals surface area contributed by atoms with E-state index >= 15 is 0 Å². The summed E-state index contributed by atoms with van der Waals surface area (Å²) in [5.74, 6) is -0.750. The minimum absolute atomic E-state index is 0.0341. The van der Waals surface area contributed by atoms with Crippen LogP contribution in [0.2, 0.25) is 0 Å².